The first kappa shape index (κ1) is 19.1. The third-order valence-corrected chi connectivity index (χ3v) is 7.16. The largest absolute Gasteiger partial charge is 0.296 e. The number of aryl methyl sites for hydroxylation is 1. The number of hydrogen-bond donors (Lipinski definition) is 1. The van der Waals surface area contributed by atoms with Crippen molar-refractivity contribution in [1.82, 2.24) is 29.6 Å². The van der Waals surface area contributed by atoms with E-state index < -0.39 is 0 Å². The molecule has 5 rings (SSSR count). The highest BCUT2D eigenvalue weighted by Crippen LogP contribution is 2.33. The Labute approximate surface area is 178 Å². The van der Waals surface area contributed by atoms with Gasteiger partial charge >= 0.3 is 0 Å². The quantitative estimate of drug-likeness (QED) is 0.496. The fourth-order valence-electron chi connectivity index (χ4n) is 4.37. The number of ketones is 1. The normalized spacial score (nSPS) is 15.8. The fourth-order valence-corrected chi connectivity index (χ4v) is 5.51. The summed E-state index contributed by atoms with van der Waals surface area (Å²) in [6.45, 7) is 6.24. The maximum Gasteiger partial charge on any atom is 0.229 e. The van der Waals surface area contributed by atoms with E-state index in [1.165, 1.54) is 16.0 Å². The van der Waals surface area contributed by atoms with Gasteiger partial charge in [-0.1, -0.05) is 12.1 Å². The maximum absolute atomic E-state index is 13.0. The van der Waals surface area contributed by atoms with Crippen LogP contribution in [0.3, 0.4) is 0 Å². The summed E-state index contributed by atoms with van der Waals surface area (Å²) < 4.78 is 3.20. The molecule has 0 saturated carbocycles. The molecule has 1 saturated heterocycles. The van der Waals surface area contributed by atoms with Crippen LogP contribution in [0.4, 0.5) is 0 Å². The number of piperidine rings is 1. The van der Waals surface area contributed by atoms with Crippen LogP contribution in [0, 0.1) is 13.8 Å². The summed E-state index contributed by atoms with van der Waals surface area (Å²) in [5.41, 5.74) is 3.73. The van der Waals surface area contributed by atoms with Crippen LogP contribution in [0.5, 0.6) is 0 Å². The molecule has 154 valence electrons. The number of carbonyl (C=O) groups is 1. The molecule has 1 aliphatic heterocycles. The van der Waals surface area contributed by atoms with Crippen LogP contribution in [0.15, 0.2) is 36.7 Å². The van der Waals surface area contributed by atoms with Crippen molar-refractivity contribution in [3.05, 3.63) is 58.6 Å². The molecule has 30 heavy (non-hydrogen) atoms. The van der Waals surface area contributed by atoms with Crippen molar-refractivity contribution in [3.63, 3.8) is 0 Å². The molecule has 4 aromatic rings. The summed E-state index contributed by atoms with van der Waals surface area (Å²) in [5.74, 6) is 1.29. The predicted octanol–water partition coefficient (Wildman–Crippen LogP) is 3.88. The lowest BCUT2D eigenvalue weighted by Crippen LogP contribution is -2.36. The summed E-state index contributed by atoms with van der Waals surface area (Å²) in [6, 6.07) is 10.3. The van der Waals surface area contributed by atoms with E-state index in [9.17, 15) is 4.79 Å². The Kier molecular flexibility index (Phi) is 4.96. The number of nitrogens with one attached hydrogen (secondary N) is 1. The minimum atomic E-state index is 0.160. The van der Waals surface area contributed by atoms with Crippen molar-refractivity contribution in [3.8, 4) is 5.95 Å². The van der Waals surface area contributed by atoms with Gasteiger partial charge in [-0.15, -0.1) is 11.3 Å². The number of aromatic amines is 1. The van der Waals surface area contributed by atoms with Crippen molar-refractivity contribution in [1.29, 1.82) is 0 Å². The number of thiazole rings is 1. The van der Waals surface area contributed by atoms with Gasteiger partial charge in [-0.05, 0) is 58.0 Å². The molecule has 0 unspecified atom stereocenters. The van der Waals surface area contributed by atoms with Gasteiger partial charge < -0.3 is 0 Å². The molecule has 1 aromatic carbocycles. The van der Waals surface area contributed by atoms with Gasteiger partial charge in [0.1, 0.15) is 6.33 Å². The number of Topliss-reactive ketones (excluding diaryl/α,β-unsaturated/α-hetero) is 1. The number of nitrogens with zero attached hydrogens (tertiary/aromatic N) is 5. The van der Waals surface area contributed by atoms with Crippen molar-refractivity contribution >= 4 is 27.3 Å². The van der Waals surface area contributed by atoms with Gasteiger partial charge in [0.25, 0.3) is 0 Å². The Morgan fingerprint density at radius 2 is 2.03 bits per heavy atom. The topological polar surface area (TPSA) is 79.7 Å². The number of rotatable bonds is 5. The number of likely N-dealkylation sites (tertiary alicyclic amines) is 1. The van der Waals surface area contributed by atoms with Crippen LogP contribution in [-0.4, -0.2) is 55.0 Å². The van der Waals surface area contributed by atoms with Gasteiger partial charge in [0, 0.05) is 22.9 Å². The molecule has 0 spiro atoms. The smallest absolute Gasteiger partial charge is 0.229 e. The molecule has 0 bridgehead atoms. The predicted molar refractivity (Wildman–Crippen MR) is 118 cm³/mol. The van der Waals surface area contributed by atoms with Crippen LogP contribution in [0.2, 0.25) is 0 Å². The molecule has 0 amide bonds. The van der Waals surface area contributed by atoms with E-state index in [1.807, 2.05) is 41.9 Å². The summed E-state index contributed by atoms with van der Waals surface area (Å²) in [5, 5.41) is 8.03. The summed E-state index contributed by atoms with van der Waals surface area (Å²) in [6.07, 6.45) is 3.57. The summed E-state index contributed by atoms with van der Waals surface area (Å²) >= 11 is 1.81. The Morgan fingerprint density at radius 1 is 1.23 bits per heavy atom. The average Bonchev–Trinajstić information content (AvgIpc) is 3.47. The molecule has 0 aliphatic carbocycles. The van der Waals surface area contributed by atoms with Crippen molar-refractivity contribution in [2.24, 2.45) is 0 Å². The number of fused-ring (bicyclic) bond motifs is 1. The van der Waals surface area contributed by atoms with E-state index in [1.54, 1.807) is 0 Å². The number of benzene rings is 1. The van der Waals surface area contributed by atoms with Gasteiger partial charge in [-0.3, -0.25) is 14.3 Å². The first-order chi connectivity index (χ1) is 14.6. The number of H-pyrrole nitrogens is 1. The summed E-state index contributed by atoms with van der Waals surface area (Å²) in [4.78, 5) is 24.4. The first-order valence-corrected chi connectivity index (χ1v) is 11.1. The van der Waals surface area contributed by atoms with Gasteiger partial charge in [0.2, 0.25) is 5.95 Å². The molecule has 1 aliphatic rings. The Hall–Kier alpha value is -2.84. The molecule has 1 fully saturated rings. The Morgan fingerprint density at radius 3 is 2.77 bits per heavy atom. The minimum Gasteiger partial charge on any atom is -0.296 e. The van der Waals surface area contributed by atoms with Crippen LogP contribution in [-0.2, 0) is 0 Å². The molecular formula is C22H24N6OS. The lowest BCUT2D eigenvalue weighted by atomic mass is 9.97. The monoisotopic (exact) mass is 420 g/mol. The highest BCUT2D eigenvalue weighted by Gasteiger charge is 2.26. The SMILES string of the molecule is Cc1cc(C(=O)CN2CCC(c3nc4ccccc4s3)CC2)c(C)n1-c1ncn[nH]1. The fraction of sp³-hybridized carbons (Fsp3) is 0.364. The zero-order valence-corrected chi connectivity index (χ0v) is 17.9. The zero-order chi connectivity index (χ0) is 20.7. The Balaban J connectivity index is 1.24. The molecule has 1 N–H and O–H groups in total. The molecule has 8 heteroatoms. The maximum atomic E-state index is 13.0. The van der Waals surface area contributed by atoms with E-state index >= 15 is 0 Å². The van der Waals surface area contributed by atoms with E-state index in [2.05, 4.69) is 38.3 Å². The molecule has 7 nitrogen and oxygen atoms in total. The number of aromatic nitrogens is 5. The Bertz CT molecular complexity index is 1150. The molecular weight excluding hydrogens is 396 g/mol. The molecule has 0 atom stereocenters. The van der Waals surface area contributed by atoms with Crippen LogP contribution < -0.4 is 0 Å². The van der Waals surface area contributed by atoms with Crippen LogP contribution in [0.25, 0.3) is 16.2 Å². The highest BCUT2D eigenvalue weighted by molar-refractivity contribution is 7.18. The number of para-hydroxylation sites is 1. The third kappa shape index (κ3) is 3.46. The van der Waals surface area contributed by atoms with E-state index in [0.29, 0.717) is 18.4 Å². The van der Waals surface area contributed by atoms with E-state index in [4.69, 9.17) is 4.98 Å². The van der Waals surface area contributed by atoms with E-state index in [0.717, 1.165) is 48.4 Å². The van der Waals surface area contributed by atoms with Crippen molar-refractivity contribution in [2.75, 3.05) is 19.6 Å². The lowest BCUT2D eigenvalue weighted by molar-refractivity contribution is 0.0909. The molecule has 4 heterocycles. The summed E-state index contributed by atoms with van der Waals surface area (Å²) in [7, 11) is 0. The first-order valence-electron chi connectivity index (χ1n) is 10.3. The third-order valence-electron chi connectivity index (χ3n) is 5.96. The second-order valence-electron chi connectivity index (χ2n) is 7.92. The lowest BCUT2D eigenvalue weighted by Gasteiger charge is -2.30. The van der Waals surface area contributed by atoms with Crippen LogP contribution >= 0.6 is 11.3 Å². The van der Waals surface area contributed by atoms with Crippen molar-refractivity contribution in [2.45, 2.75) is 32.6 Å². The van der Waals surface area contributed by atoms with Gasteiger partial charge in [0.15, 0.2) is 5.78 Å². The van der Waals surface area contributed by atoms with Crippen LogP contribution in [0.1, 0.15) is 45.5 Å². The highest BCUT2D eigenvalue weighted by atomic mass is 32.1. The number of carbonyl (C=O) groups excluding carboxylic acids is 1. The number of hydrogen-bond acceptors (Lipinski definition) is 6. The zero-order valence-electron chi connectivity index (χ0n) is 17.1. The van der Waals surface area contributed by atoms with Gasteiger partial charge in [-0.25, -0.2) is 10.1 Å². The van der Waals surface area contributed by atoms with Gasteiger partial charge in [0.05, 0.1) is 21.8 Å². The second kappa shape index (κ2) is 7.77. The second-order valence-corrected chi connectivity index (χ2v) is 8.98. The van der Waals surface area contributed by atoms with Gasteiger partial charge in [-0.2, -0.15) is 10.1 Å². The standard InChI is InChI=1S/C22H24N6OS/c1-14-11-17(15(2)28(14)22-23-13-24-26-22)19(29)12-27-9-7-16(8-10-27)21-25-18-5-3-4-6-20(18)30-21/h3-6,11,13,16H,7-10,12H2,1-2H3,(H,23,24,26). The average molecular weight is 421 g/mol. The minimum absolute atomic E-state index is 0.160. The molecule has 3 aromatic heterocycles. The molecule has 0 radical (unpaired) electrons. The van der Waals surface area contributed by atoms with Crippen molar-refractivity contribution < 1.29 is 4.79 Å². The van der Waals surface area contributed by atoms with E-state index in [-0.39, 0.29) is 5.78 Å².